The Morgan fingerprint density at radius 2 is 1.67 bits per heavy atom. The van der Waals surface area contributed by atoms with Gasteiger partial charge in [0.2, 0.25) is 0 Å². The second kappa shape index (κ2) is 6.31. The van der Waals surface area contributed by atoms with Crippen molar-refractivity contribution in [3.63, 3.8) is 0 Å². The van der Waals surface area contributed by atoms with E-state index in [9.17, 15) is 0 Å². The third kappa shape index (κ3) is 3.79. The molecule has 0 unspecified atom stereocenters. The highest BCUT2D eigenvalue weighted by Crippen LogP contribution is 2.32. The third-order valence-corrected chi connectivity index (χ3v) is 4.02. The molecular weight excluding hydrogens is 260 g/mol. The first-order chi connectivity index (χ1) is 8.65. The van der Waals surface area contributed by atoms with Gasteiger partial charge in [-0.2, -0.15) is 0 Å². The number of hydrogen-bond donors (Lipinski definition) is 0. The van der Waals surface area contributed by atoms with Crippen LogP contribution >= 0.6 is 23.4 Å². The molecule has 18 heavy (non-hydrogen) atoms. The zero-order valence-corrected chi connectivity index (χ0v) is 12.3. The summed E-state index contributed by atoms with van der Waals surface area (Å²) in [5.74, 6) is 0.678. The van der Waals surface area contributed by atoms with Crippen molar-refractivity contribution in [2.75, 3.05) is 0 Å². The maximum absolute atomic E-state index is 5.91. The Hall–Kier alpha value is -0.920. The molecule has 0 aromatic heterocycles. The molecule has 0 saturated carbocycles. The first-order valence-electron chi connectivity index (χ1n) is 6.16. The summed E-state index contributed by atoms with van der Waals surface area (Å²) in [6.07, 6.45) is 1.12. The van der Waals surface area contributed by atoms with E-state index in [2.05, 4.69) is 50.2 Å². The van der Waals surface area contributed by atoms with E-state index in [1.807, 2.05) is 12.1 Å². The molecule has 0 radical (unpaired) electrons. The lowest BCUT2D eigenvalue weighted by Crippen LogP contribution is -1.95. The smallest absolute Gasteiger partial charge is 0.0406 e. The Balaban J connectivity index is 2.20. The average molecular weight is 277 g/mol. The van der Waals surface area contributed by atoms with E-state index >= 15 is 0 Å². The molecule has 0 bridgehead atoms. The van der Waals surface area contributed by atoms with Gasteiger partial charge in [-0.15, -0.1) is 0 Å². The van der Waals surface area contributed by atoms with Crippen molar-refractivity contribution < 1.29 is 0 Å². The van der Waals surface area contributed by atoms with Gasteiger partial charge in [0.25, 0.3) is 0 Å². The van der Waals surface area contributed by atoms with Crippen LogP contribution in [0, 0.1) is 5.92 Å². The predicted octanol–water partition coefficient (Wildman–Crippen LogP) is 5.69. The van der Waals surface area contributed by atoms with Crippen LogP contribution in [0.5, 0.6) is 0 Å². The fourth-order valence-electron chi connectivity index (χ4n) is 1.84. The van der Waals surface area contributed by atoms with Crippen LogP contribution in [0.1, 0.15) is 19.4 Å². The lowest BCUT2D eigenvalue weighted by atomic mass is 10.0. The van der Waals surface area contributed by atoms with E-state index < -0.39 is 0 Å². The molecule has 0 saturated heterocycles. The molecule has 0 aliphatic carbocycles. The summed E-state index contributed by atoms with van der Waals surface area (Å²) in [6, 6.07) is 16.6. The van der Waals surface area contributed by atoms with E-state index in [1.54, 1.807) is 11.8 Å². The highest BCUT2D eigenvalue weighted by Gasteiger charge is 2.05. The van der Waals surface area contributed by atoms with Gasteiger partial charge in [0, 0.05) is 14.8 Å². The van der Waals surface area contributed by atoms with Crippen LogP contribution in [-0.4, -0.2) is 0 Å². The van der Waals surface area contributed by atoms with Crippen LogP contribution in [0.2, 0.25) is 5.02 Å². The van der Waals surface area contributed by atoms with Crippen molar-refractivity contribution >= 4 is 23.4 Å². The summed E-state index contributed by atoms with van der Waals surface area (Å²) < 4.78 is 0. The van der Waals surface area contributed by atoms with Crippen molar-refractivity contribution in [3.05, 3.63) is 59.1 Å². The molecule has 2 aromatic carbocycles. The summed E-state index contributed by atoms with van der Waals surface area (Å²) in [7, 11) is 0. The molecule has 0 nitrogen and oxygen atoms in total. The minimum Gasteiger partial charge on any atom is -0.0898 e. The summed E-state index contributed by atoms with van der Waals surface area (Å²) >= 11 is 7.71. The predicted molar refractivity (Wildman–Crippen MR) is 80.6 cm³/mol. The third-order valence-electron chi connectivity index (χ3n) is 2.64. The monoisotopic (exact) mass is 276 g/mol. The fraction of sp³-hybridized carbons (Fsp3) is 0.250. The minimum absolute atomic E-state index is 0.678. The summed E-state index contributed by atoms with van der Waals surface area (Å²) in [5.41, 5.74) is 1.42. The molecule has 2 rings (SSSR count). The van der Waals surface area contributed by atoms with Gasteiger partial charge >= 0.3 is 0 Å². The Labute approximate surface area is 118 Å². The zero-order valence-electron chi connectivity index (χ0n) is 10.7. The van der Waals surface area contributed by atoms with E-state index in [-0.39, 0.29) is 0 Å². The molecule has 0 aliphatic heterocycles. The number of halogens is 1. The van der Waals surface area contributed by atoms with Crippen LogP contribution in [0.15, 0.2) is 58.3 Å². The molecule has 94 valence electrons. The molecule has 0 spiro atoms. The van der Waals surface area contributed by atoms with Gasteiger partial charge in [0.15, 0.2) is 0 Å². The molecule has 0 aliphatic rings. The van der Waals surface area contributed by atoms with Crippen molar-refractivity contribution in [2.24, 2.45) is 5.92 Å². The SMILES string of the molecule is CC(C)Cc1ccccc1Sc1ccc(Cl)cc1. The van der Waals surface area contributed by atoms with Gasteiger partial charge in [-0.3, -0.25) is 0 Å². The largest absolute Gasteiger partial charge is 0.0898 e. The van der Waals surface area contributed by atoms with E-state index in [1.165, 1.54) is 15.4 Å². The quantitative estimate of drug-likeness (QED) is 0.691. The number of rotatable bonds is 4. The van der Waals surface area contributed by atoms with Gasteiger partial charge in [-0.25, -0.2) is 0 Å². The summed E-state index contributed by atoms with van der Waals surface area (Å²) in [6.45, 7) is 4.51. The van der Waals surface area contributed by atoms with Crippen LogP contribution < -0.4 is 0 Å². The topological polar surface area (TPSA) is 0 Å². The maximum Gasteiger partial charge on any atom is 0.0406 e. The van der Waals surface area contributed by atoms with Crippen LogP contribution in [0.3, 0.4) is 0 Å². The lowest BCUT2D eigenvalue weighted by molar-refractivity contribution is 0.640. The van der Waals surface area contributed by atoms with Gasteiger partial charge in [-0.05, 0) is 48.2 Å². The molecule has 2 heteroatoms. The Kier molecular flexibility index (Phi) is 4.73. The van der Waals surface area contributed by atoms with Crippen LogP contribution in [0.4, 0.5) is 0 Å². The standard InChI is InChI=1S/C16H17ClS/c1-12(2)11-13-5-3-4-6-16(13)18-15-9-7-14(17)8-10-15/h3-10,12H,11H2,1-2H3. The Bertz CT molecular complexity index is 503. The Morgan fingerprint density at radius 3 is 2.33 bits per heavy atom. The highest BCUT2D eigenvalue weighted by molar-refractivity contribution is 7.99. The summed E-state index contributed by atoms with van der Waals surface area (Å²) in [4.78, 5) is 2.57. The maximum atomic E-state index is 5.91. The van der Waals surface area contributed by atoms with Crippen molar-refractivity contribution in [1.29, 1.82) is 0 Å². The first kappa shape index (κ1) is 13.5. The molecule has 0 N–H and O–H groups in total. The number of hydrogen-bond acceptors (Lipinski definition) is 1. The van der Waals surface area contributed by atoms with E-state index in [0.29, 0.717) is 5.92 Å². The molecule has 0 fully saturated rings. The zero-order chi connectivity index (χ0) is 13.0. The molecule has 0 atom stereocenters. The van der Waals surface area contributed by atoms with Gasteiger partial charge < -0.3 is 0 Å². The lowest BCUT2D eigenvalue weighted by Gasteiger charge is -2.11. The fourth-order valence-corrected chi connectivity index (χ4v) is 2.92. The van der Waals surface area contributed by atoms with Crippen molar-refractivity contribution in [1.82, 2.24) is 0 Å². The van der Waals surface area contributed by atoms with E-state index in [4.69, 9.17) is 11.6 Å². The molecular formula is C16H17ClS. The van der Waals surface area contributed by atoms with Crippen LogP contribution in [-0.2, 0) is 6.42 Å². The number of benzene rings is 2. The minimum atomic E-state index is 0.678. The van der Waals surface area contributed by atoms with Gasteiger partial charge in [-0.1, -0.05) is 55.4 Å². The second-order valence-electron chi connectivity index (χ2n) is 4.76. The van der Waals surface area contributed by atoms with Crippen molar-refractivity contribution in [2.45, 2.75) is 30.1 Å². The molecule has 0 amide bonds. The highest BCUT2D eigenvalue weighted by atomic mass is 35.5. The second-order valence-corrected chi connectivity index (χ2v) is 6.31. The Morgan fingerprint density at radius 1 is 1.00 bits per heavy atom. The average Bonchev–Trinajstić information content (AvgIpc) is 2.34. The molecule has 2 aromatic rings. The molecule has 0 heterocycles. The van der Waals surface area contributed by atoms with E-state index in [0.717, 1.165) is 11.4 Å². The first-order valence-corrected chi connectivity index (χ1v) is 7.36. The van der Waals surface area contributed by atoms with Gasteiger partial charge in [0.1, 0.15) is 0 Å². The normalized spacial score (nSPS) is 10.9. The van der Waals surface area contributed by atoms with Crippen molar-refractivity contribution in [3.8, 4) is 0 Å². The van der Waals surface area contributed by atoms with Gasteiger partial charge in [0.05, 0.1) is 0 Å². The summed E-state index contributed by atoms with van der Waals surface area (Å²) in [5, 5.41) is 0.787. The van der Waals surface area contributed by atoms with Crippen LogP contribution in [0.25, 0.3) is 0 Å².